The fourth-order valence-corrected chi connectivity index (χ4v) is 5.26. The molecule has 5 rings (SSSR count). The molecule has 0 unspecified atom stereocenters. The SMILES string of the molecule is Cc1nc(OCCCN2CCCC2=O)ccc1-c1cccc(COc2ccc(B3OC(=O)CN(C)CC(=O)O3)cc2)c1C. The molecular weight excluding hydrogens is 549 g/mol. The summed E-state index contributed by atoms with van der Waals surface area (Å²) in [5, 5.41) is 0. The molecule has 3 aromatic rings. The second-order valence-corrected chi connectivity index (χ2v) is 10.9. The van der Waals surface area contributed by atoms with Crippen LogP contribution in [0.5, 0.6) is 11.6 Å². The Balaban J connectivity index is 1.18. The van der Waals surface area contributed by atoms with Crippen LogP contribution in [0.2, 0.25) is 0 Å². The average molecular weight is 585 g/mol. The molecular formula is C32H36BN3O7. The van der Waals surface area contributed by atoms with E-state index >= 15 is 0 Å². The minimum absolute atomic E-state index is 0.0156. The van der Waals surface area contributed by atoms with Crippen molar-refractivity contribution in [1.82, 2.24) is 14.8 Å². The van der Waals surface area contributed by atoms with Gasteiger partial charge in [-0.25, -0.2) is 4.98 Å². The van der Waals surface area contributed by atoms with Crippen LogP contribution in [0.3, 0.4) is 0 Å². The maximum atomic E-state index is 12.1. The lowest BCUT2D eigenvalue weighted by molar-refractivity contribution is -0.145. The normalized spacial score (nSPS) is 16.0. The molecule has 2 aromatic carbocycles. The lowest BCUT2D eigenvalue weighted by Crippen LogP contribution is -2.47. The van der Waals surface area contributed by atoms with Crippen LogP contribution in [0.4, 0.5) is 0 Å². The number of aryl methyl sites for hydroxylation is 1. The number of hydrogen-bond donors (Lipinski definition) is 0. The lowest BCUT2D eigenvalue weighted by Gasteiger charge is -2.22. The molecule has 2 aliphatic rings. The number of likely N-dealkylation sites (tertiary alicyclic amines) is 1. The maximum absolute atomic E-state index is 12.1. The Morgan fingerprint density at radius 2 is 1.65 bits per heavy atom. The molecule has 0 bridgehead atoms. The number of likely N-dealkylation sites (N-methyl/N-ethyl adjacent to an activating group) is 1. The van der Waals surface area contributed by atoms with Gasteiger partial charge in [0.1, 0.15) is 12.4 Å². The summed E-state index contributed by atoms with van der Waals surface area (Å²) >= 11 is 0. The third kappa shape index (κ3) is 7.72. The molecule has 0 spiro atoms. The van der Waals surface area contributed by atoms with Crippen LogP contribution in [0, 0.1) is 13.8 Å². The van der Waals surface area contributed by atoms with Crippen molar-refractivity contribution in [2.75, 3.05) is 39.8 Å². The standard InChI is InChI=1S/C32H36BN3O7/c1-22-24(21-41-26-12-10-25(11-13-26)33-42-31(38)19-35(3)20-32(39)43-33)7-4-8-27(22)28-14-15-29(34-23(28)2)40-18-6-17-36-16-5-9-30(36)37/h4,7-8,10-15H,5-6,9,16-21H2,1-3H3. The van der Waals surface area contributed by atoms with Crippen molar-refractivity contribution in [3.63, 3.8) is 0 Å². The Hall–Kier alpha value is -4.38. The third-order valence-corrected chi connectivity index (χ3v) is 7.61. The largest absolute Gasteiger partial charge is 0.636 e. The summed E-state index contributed by atoms with van der Waals surface area (Å²) in [6.07, 6.45) is 2.37. The molecule has 0 atom stereocenters. The number of benzene rings is 2. The highest BCUT2D eigenvalue weighted by Crippen LogP contribution is 2.30. The molecule has 1 aromatic heterocycles. The maximum Gasteiger partial charge on any atom is 0.636 e. The van der Waals surface area contributed by atoms with E-state index in [2.05, 4.69) is 18.0 Å². The summed E-state index contributed by atoms with van der Waals surface area (Å²) in [5.74, 6) is 0.511. The number of ether oxygens (including phenoxy) is 2. The topological polar surface area (TPSA) is 108 Å². The summed E-state index contributed by atoms with van der Waals surface area (Å²) in [5.41, 5.74) is 5.63. The zero-order chi connectivity index (χ0) is 30.3. The third-order valence-electron chi connectivity index (χ3n) is 7.61. The predicted molar refractivity (Wildman–Crippen MR) is 161 cm³/mol. The number of rotatable bonds is 10. The Morgan fingerprint density at radius 1 is 0.907 bits per heavy atom. The van der Waals surface area contributed by atoms with Gasteiger partial charge in [-0.3, -0.25) is 19.3 Å². The van der Waals surface area contributed by atoms with Gasteiger partial charge in [0.05, 0.1) is 19.7 Å². The molecule has 0 N–H and O–H groups in total. The summed E-state index contributed by atoms with van der Waals surface area (Å²) < 4.78 is 22.6. The first-order valence-electron chi connectivity index (χ1n) is 14.5. The second-order valence-electron chi connectivity index (χ2n) is 10.9. The van der Waals surface area contributed by atoms with Crippen LogP contribution in [0.1, 0.15) is 36.1 Å². The van der Waals surface area contributed by atoms with Gasteiger partial charge in [0.25, 0.3) is 0 Å². The highest BCUT2D eigenvalue weighted by Gasteiger charge is 2.33. The predicted octanol–water partition coefficient (Wildman–Crippen LogP) is 3.06. The summed E-state index contributed by atoms with van der Waals surface area (Å²) in [6.45, 7) is 6.49. The van der Waals surface area contributed by atoms with Gasteiger partial charge < -0.3 is 23.7 Å². The smallest absolute Gasteiger partial charge is 0.494 e. The number of carbonyl (C=O) groups excluding carboxylic acids is 3. The lowest BCUT2D eigenvalue weighted by atomic mass is 9.78. The van der Waals surface area contributed by atoms with Crippen LogP contribution >= 0.6 is 0 Å². The van der Waals surface area contributed by atoms with E-state index in [0.29, 0.717) is 36.7 Å². The molecule has 3 heterocycles. The molecule has 0 radical (unpaired) electrons. The quantitative estimate of drug-likeness (QED) is 0.262. The molecule has 11 heteroatoms. The van der Waals surface area contributed by atoms with Crippen LogP contribution in [-0.2, 0) is 30.3 Å². The Labute approximate surface area is 252 Å². The van der Waals surface area contributed by atoms with Crippen LogP contribution < -0.4 is 14.9 Å². The van der Waals surface area contributed by atoms with Gasteiger partial charge in [-0.1, -0.05) is 30.3 Å². The van der Waals surface area contributed by atoms with Crippen molar-refractivity contribution >= 4 is 30.4 Å². The summed E-state index contributed by atoms with van der Waals surface area (Å²) in [6, 6.07) is 17.0. The summed E-state index contributed by atoms with van der Waals surface area (Å²) in [4.78, 5) is 44.0. The van der Waals surface area contributed by atoms with Gasteiger partial charge in [0.2, 0.25) is 11.8 Å². The van der Waals surface area contributed by atoms with Gasteiger partial charge in [0.15, 0.2) is 0 Å². The Morgan fingerprint density at radius 3 is 2.33 bits per heavy atom. The van der Waals surface area contributed by atoms with E-state index in [-0.39, 0.29) is 19.0 Å². The Bertz CT molecular complexity index is 1460. The molecule has 0 aliphatic carbocycles. The van der Waals surface area contributed by atoms with Gasteiger partial charge in [-0.05, 0) is 68.6 Å². The van der Waals surface area contributed by atoms with Crippen LogP contribution in [0.15, 0.2) is 54.6 Å². The molecule has 2 fully saturated rings. The van der Waals surface area contributed by atoms with Gasteiger partial charge in [-0.15, -0.1) is 0 Å². The van der Waals surface area contributed by atoms with E-state index in [1.54, 1.807) is 36.2 Å². The van der Waals surface area contributed by atoms with E-state index in [1.165, 1.54) is 0 Å². The molecule has 2 saturated heterocycles. The fourth-order valence-electron chi connectivity index (χ4n) is 5.26. The molecule has 43 heavy (non-hydrogen) atoms. The number of pyridine rings is 1. The fraction of sp³-hybridized carbons (Fsp3) is 0.375. The van der Waals surface area contributed by atoms with E-state index in [4.69, 9.17) is 18.8 Å². The monoisotopic (exact) mass is 585 g/mol. The Kier molecular flexibility index (Phi) is 9.61. The highest BCUT2D eigenvalue weighted by atomic mass is 16.6. The minimum Gasteiger partial charge on any atom is -0.494 e. The molecule has 224 valence electrons. The van der Waals surface area contributed by atoms with Crippen molar-refractivity contribution in [2.24, 2.45) is 0 Å². The summed E-state index contributed by atoms with van der Waals surface area (Å²) in [7, 11) is 0.566. The molecule has 1 amide bonds. The first kappa shape index (κ1) is 30.1. The number of aromatic nitrogens is 1. The van der Waals surface area contributed by atoms with Crippen molar-refractivity contribution in [3.05, 3.63) is 71.4 Å². The highest BCUT2D eigenvalue weighted by molar-refractivity contribution is 6.64. The second kappa shape index (κ2) is 13.7. The van der Waals surface area contributed by atoms with Gasteiger partial charge >= 0.3 is 19.1 Å². The van der Waals surface area contributed by atoms with E-state index in [1.807, 2.05) is 36.1 Å². The van der Waals surface area contributed by atoms with E-state index in [9.17, 15) is 14.4 Å². The number of carbonyl (C=O) groups is 3. The van der Waals surface area contributed by atoms with Crippen LogP contribution in [0.25, 0.3) is 11.1 Å². The van der Waals surface area contributed by atoms with Crippen molar-refractivity contribution < 1.29 is 33.2 Å². The molecule has 10 nitrogen and oxygen atoms in total. The first-order chi connectivity index (χ1) is 20.8. The number of hydrogen-bond acceptors (Lipinski definition) is 9. The number of nitrogens with zero attached hydrogens (tertiary/aromatic N) is 3. The van der Waals surface area contributed by atoms with Crippen molar-refractivity contribution in [1.29, 1.82) is 0 Å². The zero-order valence-electron chi connectivity index (χ0n) is 24.8. The minimum atomic E-state index is -1.09. The van der Waals surface area contributed by atoms with Gasteiger partial charge in [-0.2, -0.15) is 0 Å². The van der Waals surface area contributed by atoms with E-state index < -0.39 is 19.1 Å². The first-order valence-corrected chi connectivity index (χ1v) is 14.5. The van der Waals surface area contributed by atoms with Crippen molar-refractivity contribution in [2.45, 2.75) is 39.7 Å². The average Bonchev–Trinajstić information content (AvgIpc) is 3.38. The van der Waals surface area contributed by atoms with E-state index in [0.717, 1.165) is 53.9 Å². The van der Waals surface area contributed by atoms with Crippen LogP contribution in [-0.4, -0.2) is 79.6 Å². The zero-order valence-corrected chi connectivity index (χ0v) is 24.8. The van der Waals surface area contributed by atoms with Crippen molar-refractivity contribution in [3.8, 4) is 22.8 Å². The van der Waals surface area contributed by atoms with Gasteiger partial charge in [0, 0.05) is 42.3 Å². The molecule has 0 saturated carbocycles. The molecule has 2 aliphatic heterocycles. The number of amides is 1.